The Kier molecular flexibility index (Phi) is 3.44. The van der Waals surface area contributed by atoms with Crippen molar-refractivity contribution in [3.05, 3.63) is 72.1 Å². The van der Waals surface area contributed by atoms with E-state index < -0.39 is 0 Å². The summed E-state index contributed by atoms with van der Waals surface area (Å²) in [6.07, 6.45) is 3.62. The Hall–Kier alpha value is -2.99. The first kappa shape index (κ1) is 13.0. The average molecular weight is 271 g/mol. The Morgan fingerprint density at radius 2 is 1.33 bits per heavy atom. The van der Waals surface area contributed by atoms with Crippen LogP contribution in [0.1, 0.15) is 11.1 Å². The van der Waals surface area contributed by atoms with Gasteiger partial charge in [-0.25, -0.2) is 9.97 Å². The maximum absolute atomic E-state index is 8.81. The van der Waals surface area contributed by atoms with Crippen LogP contribution < -0.4 is 0 Å². The van der Waals surface area contributed by atoms with E-state index in [2.05, 4.69) is 23.0 Å². The SMILES string of the molecule is Cc1ccc(-c2ncc(-c3ccc(C#N)cc3)cn2)cc1. The fraction of sp³-hybridized carbons (Fsp3) is 0.0556. The lowest BCUT2D eigenvalue weighted by Gasteiger charge is -2.04. The lowest BCUT2D eigenvalue weighted by Crippen LogP contribution is -1.90. The molecule has 21 heavy (non-hydrogen) atoms. The lowest BCUT2D eigenvalue weighted by atomic mass is 10.1. The van der Waals surface area contributed by atoms with Crippen molar-refractivity contribution in [2.75, 3.05) is 0 Å². The monoisotopic (exact) mass is 271 g/mol. The quantitative estimate of drug-likeness (QED) is 0.708. The molecular weight excluding hydrogens is 258 g/mol. The molecule has 0 fully saturated rings. The molecule has 3 heteroatoms. The third-order valence-electron chi connectivity index (χ3n) is 3.31. The van der Waals surface area contributed by atoms with Gasteiger partial charge in [0.15, 0.2) is 5.82 Å². The summed E-state index contributed by atoms with van der Waals surface area (Å²) in [5.74, 6) is 0.715. The van der Waals surface area contributed by atoms with Gasteiger partial charge in [-0.2, -0.15) is 5.26 Å². The summed E-state index contributed by atoms with van der Waals surface area (Å²) in [6.45, 7) is 2.05. The minimum atomic E-state index is 0.649. The van der Waals surface area contributed by atoms with Gasteiger partial charge in [-0.15, -0.1) is 0 Å². The molecular formula is C18H13N3. The van der Waals surface area contributed by atoms with E-state index in [1.807, 2.05) is 48.8 Å². The van der Waals surface area contributed by atoms with Crippen LogP contribution in [-0.2, 0) is 0 Å². The molecule has 0 saturated heterocycles. The number of nitrogens with zero attached hydrogens (tertiary/aromatic N) is 3. The molecule has 3 nitrogen and oxygen atoms in total. The molecule has 0 amide bonds. The molecule has 100 valence electrons. The number of rotatable bonds is 2. The van der Waals surface area contributed by atoms with Crippen LogP contribution in [0.2, 0.25) is 0 Å². The molecule has 1 heterocycles. The summed E-state index contributed by atoms with van der Waals surface area (Å²) in [6, 6.07) is 17.6. The number of nitriles is 1. The predicted octanol–water partition coefficient (Wildman–Crippen LogP) is 3.99. The Morgan fingerprint density at radius 1 is 0.762 bits per heavy atom. The van der Waals surface area contributed by atoms with Crippen LogP contribution in [0.4, 0.5) is 0 Å². The highest BCUT2D eigenvalue weighted by atomic mass is 14.9. The summed E-state index contributed by atoms with van der Waals surface area (Å²) in [5, 5.41) is 8.81. The van der Waals surface area contributed by atoms with Crippen molar-refractivity contribution in [3.8, 4) is 28.6 Å². The molecule has 0 aliphatic heterocycles. The Morgan fingerprint density at radius 3 is 1.90 bits per heavy atom. The minimum absolute atomic E-state index is 0.649. The minimum Gasteiger partial charge on any atom is -0.236 e. The second-order valence-electron chi connectivity index (χ2n) is 4.85. The topological polar surface area (TPSA) is 49.6 Å². The third-order valence-corrected chi connectivity index (χ3v) is 3.31. The first-order valence-corrected chi connectivity index (χ1v) is 6.66. The standard InChI is InChI=1S/C18H13N3/c1-13-2-6-16(7-3-13)18-20-11-17(12-21-18)15-8-4-14(10-19)5-9-15/h2-9,11-12H,1H3. The van der Waals surface area contributed by atoms with E-state index in [9.17, 15) is 0 Å². The summed E-state index contributed by atoms with van der Waals surface area (Å²) in [5.41, 5.74) is 4.82. The molecule has 3 aromatic rings. The summed E-state index contributed by atoms with van der Waals surface area (Å²) >= 11 is 0. The van der Waals surface area contributed by atoms with Crippen molar-refractivity contribution in [2.45, 2.75) is 6.92 Å². The average Bonchev–Trinajstić information content (AvgIpc) is 2.56. The van der Waals surface area contributed by atoms with Gasteiger partial charge in [0.1, 0.15) is 0 Å². The van der Waals surface area contributed by atoms with E-state index in [-0.39, 0.29) is 0 Å². The van der Waals surface area contributed by atoms with Crippen molar-refractivity contribution >= 4 is 0 Å². The van der Waals surface area contributed by atoms with Crippen molar-refractivity contribution in [2.24, 2.45) is 0 Å². The van der Waals surface area contributed by atoms with E-state index in [1.165, 1.54) is 5.56 Å². The fourth-order valence-corrected chi connectivity index (χ4v) is 2.07. The predicted molar refractivity (Wildman–Crippen MR) is 82.4 cm³/mol. The molecule has 0 radical (unpaired) electrons. The fourth-order valence-electron chi connectivity index (χ4n) is 2.07. The Labute approximate surface area is 123 Å². The van der Waals surface area contributed by atoms with Crippen molar-refractivity contribution in [3.63, 3.8) is 0 Å². The van der Waals surface area contributed by atoms with Crippen LogP contribution in [0.5, 0.6) is 0 Å². The Bertz CT molecular complexity index is 780. The van der Waals surface area contributed by atoms with Crippen molar-refractivity contribution in [1.82, 2.24) is 9.97 Å². The van der Waals surface area contributed by atoms with Gasteiger partial charge in [-0.05, 0) is 24.6 Å². The second-order valence-corrected chi connectivity index (χ2v) is 4.85. The highest BCUT2D eigenvalue weighted by Crippen LogP contribution is 2.21. The van der Waals surface area contributed by atoms with Gasteiger partial charge in [-0.1, -0.05) is 42.0 Å². The van der Waals surface area contributed by atoms with E-state index in [0.717, 1.165) is 16.7 Å². The number of hydrogen-bond acceptors (Lipinski definition) is 3. The first-order chi connectivity index (χ1) is 10.3. The molecule has 2 aromatic carbocycles. The molecule has 0 aliphatic rings. The molecule has 0 unspecified atom stereocenters. The van der Waals surface area contributed by atoms with Crippen molar-refractivity contribution in [1.29, 1.82) is 5.26 Å². The van der Waals surface area contributed by atoms with Gasteiger partial charge in [0.25, 0.3) is 0 Å². The maximum Gasteiger partial charge on any atom is 0.159 e. The normalized spacial score (nSPS) is 10.1. The number of aromatic nitrogens is 2. The second kappa shape index (κ2) is 5.56. The van der Waals surface area contributed by atoms with Crippen LogP contribution in [0.25, 0.3) is 22.5 Å². The van der Waals surface area contributed by atoms with Gasteiger partial charge >= 0.3 is 0 Å². The van der Waals surface area contributed by atoms with Crippen LogP contribution in [-0.4, -0.2) is 9.97 Å². The summed E-state index contributed by atoms with van der Waals surface area (Å²) < 4.78 is 0. The molecule has 3 rings (SSSR count). The zero-order valence-electron chi connectivity index (χ0n) is 11.6. The molecule has 0 N–H and O–H groups in total. The molecule has 0 saturated carbocycles. The Balaban J connectivity index is 1.89. The van der Waals surface area contributed by atoms with Gasteiger partial charge in [0.05, 0.1) is 11.6 Å². The highest BCUT2D eigenvalue weighted by Gasteiger charge is 2.03. The lowest BCUT2D eigenvalue weighted by molar-refractivity contribution is 1.18. The van der Waals surface area contributed by atoms with Crippen LogP contribution in [0, 0.1) is 18.3 Å². The molecule has 0 atom stereocenters. The van der Waals surface area contributed by atoms with E-state index in [4.69, 9.17) is 5.26 Å². The van der Waals surface area contributed by atoms with E-state index >= 15 is 0 Å². The smallest absolute Gasteiger partial charge is 0.159 e. The first-order valence-electron chi connectivity index (χ1n) is 6.66. The van der Waals surface area contributed by atoms with Gasteiger partial charge in [-0.3, -0.25) is 0 Å². The molecule has 0 spiro atoms. The van der Waals surface area contributed by atoms with Crippen LogP contribution >= 0.6 is 0 Å². The maximum atomic E-state index is 8.81. The zero-order chi connectivity index (χ0) is 14.7. The summed E-state index contributed by atoms with van der Waals surface area (Å²) in [4.78, 5) is 8.84. The zero-order valence-corrected chi connectivity index (χ0v) is 11.6. The van der Waals surface area contributed by atoms with Gasteiger partial charge < -0.3 is 0 Å². The van der Waals surface area contributed by atoms with Gasteiger partial charge in [0.2, 0.25) is 0 Å². The number of benzene rings is 2. The summed E-state index contributed by atoms with van der Waals surface area (Å²) in [7, 11) is 0. The van der Waals surface area contributed by atoms with Crippen molar-refractivity contribution < 1.29 is 0 Å². The molecule has 1 aromatic heterocycles. The van der Waals surface area contributed by atoms with Gasteiger partial charge in [0, 0.05) is 23.5 Å². The number of aryl methyl sites for hydroxylation is 1. The third kappa shape index (κ3) is 2.80. The van der Waals surface area contributed by atoms with E-state index in [0.29, 0.717) is 11.4 Å². The largest absolute Gasteiger partial charge is 0.236 e. The molecule has 0 aliphatic carbocycles. The van der Waals surface area contributed by atoms with Crippen LogP contribution in [0.3, 0.4) is 0 Å². The highest BCUT2D eigenvalue weighted by molar-refractivity contribution is 5.64. The van der Waals surface area contributed by atoms with E-state index in [1.54, 1.807) is 12.1 Å². The molecule has 0 bridgehead atoms. The number of hydrogen-bond donors (Lipinski definition) is 0. The van der Waals surface area contributed by atoms with Crippen LogP contribution in [0.15, 0.2) is 60.9 Å².